The molecule has 1 aromatic heterocycles. The zero-order valence-electron chi connectivity index (χ0n) is 14.8. The van der Waals surface area contributed by atoms with Crippen LogP contribution in [-0.4, -0.2) is 74.5 Å². The van der Waals surface area contributed by atoms with Crippen LogP contribution in [0.25, 0.3) is 0 Å². The fourth-order valence-corrected chi connectivity index (χ4v) is 3.47. The Labute approximate surface area is 148 Å². The van der Waals surface area contributed by atoms with Gasteiger partial charge in [0.2, 0.25) is 5.88 Å². The van der Waals surface area contributed by atoms with Crippen LogP contribution in [0.5, 0.6) is 5.88 Å². The number of carbonyl (C=O) groups excluding carboxylic acids is 1. The maximum atomic E-state index is 12.6. The molecule has 1 aromatic rings. The Bertz CT molecular complexity index is 557. The molecule has 7 nitrogen and oxygen atoms in total. The minimum atomic E-state index is -0.145. The molecule has 25 heavy (non-hydrogen) atoms. The molecule has 7 heteroatoms. The Morgan fingerprint density at radius 1 is 1.40 bits per heavy atom. The first-order valence-corrected chi connectivity index (χ1v) is 9.05. The number of rotatable bonds is 7. The van der Waals surface area contributed by atoms with Gasteiger partial charge in [0.1, 0.15) is 5.56 Å². The van der Waals surface area contributed by atoms with Crippen molar-refractivity contribution in [2.45, 2.75) is 19.4 Å². The van der Waals surface area contributed by atoms with Crippen LogP contribution in [0.15, 0.2) is 18.3 Å². The summed E-state index contributed by atoms with van der Waals surface area (Å²) in [7, 11) is 0. The maximum absolute atomic E-state index is 12.6. The van der Waals surface area contributed by atoms with E-state index in [9.17, 15) is 4.79 Å². The van der Waals surface area contributed by atoms with E-state index in [1.165, 1.54) is 0 Å². The molecule has 3 rings (SSSR count). The number of pyridine rings is 1. The van der Waals surface area contributed by atoms with Crippen molar-refractivity contribution in [3.63, 3.8) is 0 Å². The standard InChI is InChI=1S/C18H27N3O4/c1-2-25-18-15(4-3-6-19-18)17(22)20-12-16(14-5-9-24-13-14)21-7-10-23-11-8-21/h3-4,6,14,16H,2,5,7-13H2,1H3,(H,20,22)/t14-,16+/m0/s1. The van der Waals surface area contributed by atoms with Crippen molar-refractivity contribution in [3.8, 4) is 5.88 Å². The van der Waals surface area contributed by atoms with E-state index in [2.05, 4.69) is 15.2 Å². The average Bonchev–Trinajstić information content (AvgIpc) is 3.18. The number of morpholine rings is 1. The number of aromatic nitrogens is 1. The predicted molar refractivity (Wildman–Crippen MR) is 92.8 cm³/mol. The highest BCUT2D eigenvalue weighted by molar-refractivity contribution is 5.96. The molecule has 1 amide bonds. The van der Waals surface area contributed by atoms with Gasteiger partial charge in [-0.25, -0.2) is 4.98 Å². The first kappa shape index (κ1) is 18.1. The van der Waals surface area contributed by atoms with Crippen LogP contribution in [0.4, 0.5) is 0 Å². The van der Waals surface area contributed by atoms with Crippen LogP contribution < -0.4 is 10.1 Å². The summed E-state index contributed by atoms with van der Waals surface area (Å²) in [5.74, 6) is 0.682. The summed E-state index contributed by atoms with van der Waals surface area (Å²) in [6, 6.07) is 3.76. The lowest BCUT2D eigenvalue weighted by molar-refractivity contribution is 0.00166. The normalized spacial score (nSPS) is 22.5. The molecule has 3 heterocycles. The molecule has 0 aliphatic carbocycles. The molecule has 2 atom stereocenters. The van der Waals surface area contributed by atoms with Crippen molar-refractivity contribution in [3.05, 3.63) is 23.9 Å². The van der Waals surface area contributed by atoms with Gasteiger partial charge >= 0.3 is 0 Å². The number of nitrogens with zero attached hydrogens (tertiary/aromatic N) is 2. The van der Waals surface area contributed by atoms with Crippen molar-refractivity contribution in [1.29, 1.82) is 0 Å². The number of nitrogens with one attached hydrogen (secondary N) is 1. The zero-order chi connectivity index (χ0) is 17.5. The summed E-state index contributed by atoms with van der Waals surface area (Å²) < 4.78 is 16.5. The van der Waals surface area contributed by atoms with Crippen molar-refractivity contribution in [2.24, 2.45) is 5.92 Å². The quantitative estimate of drug-likeness (QED) is 0.790. The van der Waals surface area contributed by atoms with Gasteiger partial charge < -0.3 is 19.5 Å². The summed E-state index contributed by atoms with van der Waals surface area (Å²) in [5, 5.41) is 3.08. The summed E-state index contributed by atoms with van der Waals surface area (Å²) >= 11 is 0. The van der Waals surface area contributed by atoms with E-state index in [4.69, 9.17) is 14.2 Å². The van der Waals surface area contributed by atoms with Gasteiger partial charge in [0.05, 0.1) is 26.4 Å². The molecule has 2 saturated heterocycles. The highest BCUT2D eigenvalue weighted by Gasteiger charge is 2.32. The third-order valence-corrected chi connectivity index (χ3v) is 4.79. The van der Waals surface area contributed by atoms with E-state index in [0.717, 1.165) is 45.9 Å². The molecule has 0 bridgehead atoms. The van der Waals surface area contributed by atoms with Gasteiger partial charge in [-0.2, -0.15) is 0 Å². The van der Waals surface area contributed by atoms with Gasteiger partial charge in [-0.1, -0.05) is 0 Å². The SMILES string of the molecule is CCOc1ncccc1C(=O)NC[C@H]([C@H]1CCOC1)N1CCOCC1. The van der Waals surface area contributed by atoms with Gasteiger partial charge in [-0.3, -0.25) is 9.69 Å². The fourth-order valence-electron chi connectivity index (χ4n) is 3.47. The second-order valence-electron chi connectivity index (χ2n) is 6.34. The van der Waals surface area contributed by atoms with Crippen LogP contribution in [0.3, 0.4) is 0 Å². The Kier molecular flexibility index (Phi) is 6.61. The Morgan fingerprint density at radius 3 is 2.96 bits per heavy atom. The largest absolute Gasteiger partial charge is 0.477 e. The Morgan fingerprint density at radius 2 is 2.24 bits per heavy atom. The lowest BCUT2D eigenvalue weighted by atomic mass is 9.96. The van der Waals surface area contributed by atoms with Crippen molar-refractivity contribution in [1.82, 2.24) is 15.2 Å². The van der Waals surface area contributed by atoms with Gasteiger partial charge in [-0.15, -0.1) is 0 Å². The van der Waals surface area contributed by atoms with E-state index in [-0.39, 0.29) is 11.9 Å². The number of hydrogen-bond donors (Lipinski definition) is 1. The number of hydrogen-bond acceptors (Lipinski definition) is 6. The van der Waals surface area contributed by atoms with Gasteiger partial charge in [-0.05, 0) is 25.5 Å². The third-order valence-electron chi connectivity index (χ3n) is 4.79. The molecule has 0 unspecified atom stereocenters. The molecule has 0 radical (unpaired) electrons. The van der Waals surface area contributed by atoms with Crippen molar-refractivity contribution >= 4 is 5.91 Å². The van der Waals surface area contributed by atoms with Crippen LogP contribution in [0, 0.1) is 5.92 Å². The smallest absolute Gasteiger partial charge is 0.256 e. The van der Waals surface area contributed by atoms with Gasteiger partial charge in [0, 0.05) is 44.4 Å². The summed E-state index contributed by atoms with van der Waals surface area (Å²) in [6.07, 6.45) is 2.67. The molecular formula is C18H27N3O4. The summed E-state index contributed by atoms with van der Waals surface area (Å²) in [4.78, 5) is 19.2. The molecule has 0 spiro atoms. The second-order valence-corrected chi connectivity index (χ2v) is 6.34. The second kappa shape index (κ2) is 9.12. The minimum absolute atomic E-state index is 0.145. The minimum Gasteiger partial charge on any atom is -0.477 e. The van der Waals surface area contributed by atoms with Gasteiger partial charge in [0.15, 0.2) is 0 Å². The molecule has 2 aliphatic rings. The van der Waals surface area contributed by atoms with E-state index < -0.39 is 0 Å². The Balaban J connectivity index is 1.64. The first-order valence-electron chi connectivity index (χ1n) is 9.05. The molecular weight excluding hydrogens is 322 g/mol. The van der Waals surface area contributed by atoms with E-state index in [1.54, 1.807) is 18.3 Å². The highest BCUT2D eigenvalue weighted by Crippen LogP contribution is 2.22. The van der Waals surface area contributed by atoms with E-state index >= 15 is 0 Å². The van der Waals surface area contributed by atoms with Crippen molar-refractivity contribution in [2.75, 3.05) is 52.7 Å². The lowest BCUT2D eigenvalue weighted by Crippen LogP contribution is -2.52. The van der Waals surface area contributed by atoms with Gasteiger partial charge in [0.25, 0.3) is 5.91 Å². The molecule has 0 aromatic carbocycles. The van der Waals surface area contributed by atoms with Crippen LogP contribution in [-0.2, 0) is 9.47 Å². The number of ether oxygens (including phenoxy) is 3. The summed E-state index contributed by atoms with van der Waals surface area (Å²) in [6.45, 7) is 7.79. The van der Waals surface area contributed by atoms with Crippen molar-refractivity contribution < 1.29 is 19.0 Å². The topological polar surface area (TPSA) is 72.9 Å². The van der Waals surface area contributed by atoms with E-state index in [1.807, 2.05) is 6.92 Å². The number of carbonyl (C=O) groups is 1. The van der Waals surface area contributed by atoms with Crippen LogP contribution in [0.1, 0.15) is 23.7 Å². The maximum Gasteiger partial charge on any atom is 0.256 e. The van der Waals surface area contributed by atoms with E-state index in [0.29, 0.717) is 30.5 Å². The first-order chi connectivity index (χ1) is 12.3. The summed E-state index contributed by atoms with van der Waals surface area (Å²) in [5.41, 5.74) is 0.479. The van der Waals surface area contributed by atoms with Crippen LogP contribution >= 0.6 is 0 Å². The Hall–Kier alpha value is -1.70. The molecule has 138 valence electrons. The van der Waals surface area contributed by atoms with Crippen LogP contribution in [0.2, 0.25) is 0 Å². The monoisotopic (exact) mass is 349 g/mol. The average molecular weight is 349 g/mol. The third kappa shape index (κ3) is 4.68. The molecule has 0 saturated carbocycles. The molecule has 2 fully saturated rings. The molecule has 1 N–H and O–H groups in total. The zero-order valence-corrected chi connectivity index (χ0v) is 14.8. The number of amides is 1. The fraction of sp³-hybridized carbons (Fsp3) is 0.667. The highest BCUT2D eigenvalue weighted by atomic mass is 16.5. The predicted octanol–water partition coefficient (Wildman–Crippen LogP) is 0.947. The lowest BCUT2D eigenvalue weighted by Gasteiger charge is -2.37. The molecule has 2 aliphatic heterocycles.